The summed E-state index contributed by atoms with van der Waals surface area (Å²) >= 11 is 0. The quantitative estimate of drug-likeness (QED) is 0.707. The number of hydrogen-bond donors (Lipinski definition) is 2. The fraction of sp³-hybridized carbons (Fsp3) is 0.529. The van der Waals surface area contributed by atoms with Gasteiger partial charge in [-0.05, 0) is 24.1 Å². The average molecular weight is 318 g/mol. The second-order valence-electron chi connectivity index (χ2n) is 6.07. The van der Waals surface area contributed by atoms with Gasteiger partial charge >= 0.3 is 0 Å². The Morgan fingerprint density at radius 1 is 1.30 bits per heavy atom. The van der Waals surface area contributed by atoms with Crippen LogP contribution in [0.5, 0.6) is 0 Å². The standard InChI is InChI=1S/C17H26N4O2/c1-20(2)15-6-4-14(5-7-15)12-16(22)18-8-3-10-21-11-9-19-17(23)13-21/h4-7H,3,8-13H2,1-2H3,(H,18,22)(H,19,23). The minimum absolute atomic E-state index is 0.0407. The van der Waals surface area contributed by atoms with E-state index in [0.29, 0.717) is 26.1 Å². The number of amides is 2. The highest BCUT2D eigenvalue weighted by Gasteiger charge is 2.15. The molecular formula is C17H26N4O2. The van der Waals surface area contributed by atoms with Gasteiger partial charge in [-0.2, -0.15) is 0 Å². The summed E-state index contributed by atoms with van der Waals surface area (Å²) in [4.78, 5) is 27.3. The Balaban J connectivity index is 1.64. The Labute approximate surface area is 137 Å². The van der Waals surface area contributed by atoms with Crippen molar-refractivity contribution in [2.45, 2.75) is 12.8 Å². The van der Waals surface area contributed by atoms with E-state index in [9.17, 15) is 9.59 Å². The van der Waals surface area contributed by atoms with E-state index >= 15 is 0 Å². The Hall–Kier alpha value is -2.08. The highest BCUT2D eigenvalue weighted by Crippen LogP contribution is 2.12. The summed E-state index contributed by atoms with van der Waals surface area (Å²) < 4.78 is 0. The number of anilines is 1. The molecule has 0 radical (unpaired) electrons. The van der Waals surface area contributed by atoms with E-state index in [1.807, 2.05) is 43.3 Å². The Bertz CT molecular complexity index is 528. The number of piperazine rings is 1. The van der Waals surface area contributed by atoms with Gasteiger partial charge in [0.1, 0.15) is 0 Å². The van der Waals surface area contributed by atoms with E-state index in [1.54, 1.807) is 0 Å². The van der Waals surface area contributed by atoms with Crippen molar-refractivity contribution >= 4 is 17.5 Å². The summed E-state index contributed by atoms with van der Waals surface area (Å²) in [6, 6.07) is 8.01. The number of carbonyl (C=O) groups is 2. The van der Waals surface area contributed by atoms with Crippen LogP contribution >= 0.6 is 0 Å². The predicted molar refractivity (Wildman–Crippen MR) is 91.5 cm³/mol. The summed E-state index contributed by atoms with van der Waals surface area (Å²) in [5.41, 5.74) is 2.14. The molecule has 0 bridgehead atoms. The lowest BCUT2D eigenvalue weighted by atomic mass is 10.1. The van der Waals surface area contributed by atoms with Crippen LogP contribution in [0.4, 0.5) is 5.69 Å². The van der Waals surface area contributed by atoms with Crippen LogP contribution in [0.3, 0.4) is 0 Å². The summed E-state index contributed by atoms with van der Waals surface area (Å²) in [7, 11) is 3.99. The lowest BCUT2D eigenvalue weighted by molar-refractivity contribution is -0.124. The normalized spacial score (nSPS) is 15.1. The first kappa shape index (κ1) is 17.3. The second-order valence-corrected chi connectivity index (χ2v) is 6.07. The van der Waals surface area contributed by atoms with Crippen LogP contribution in [0.1, 0.15) is 12.0 Å². The zero-order valence-corrected chi connectivity index (χ0v) is 14.0. The van der Waals surface area contributed by atoms with Gasteiger partial charge in [-0.1, -0.05) is 12.1 Å². The molecule has 1 aliphatic heterocycles. The minimum Gasteiger partial charge on any atom is -0.378 e. The molecule has 0 spiro atoms. The van der Waals surface area contributed by atoms with Gasteiger partial charge in [-0.3, -0.25) is 14.5 Å². The smallest absolute Gasteiger partial charge is 0.234 e. The Morgan fingerprint density at radius 3 is 2.70 bits per heavy atom. The predicted octanol–water partition coefficient (Wildman–Crippen LogP) is 0.233. The molecule has 0 saturated carbocycles. The van der Waals surface area contributed by atoms with Crippen LogP contribution < -0.4 is 15.5 Å². The number of nitrogens with one attached hydrogen (secondary N) is 2. The topological polar surface area (TPSA) is 64.7 Å². The van der Waals surface area contributed by atoms with E-state index in [4.69, 9.17) is 0 Å². The molecule has 0 atom stereocenters. The SMILES string of the molecule is CN(C)c1ccc(CC(=O)NCCCN2CCNC(=O)C2)cc1. The van der Waals surface area contributed by atoms with E-state index in [-0.39, 0.29) is 11.8 Å². The third-order valence-electron chi connectivity index (χ3n) is 3.91. The van der Waals surface area contributed by atoms with E-state index in [1.165, 1.54) is 0 Å². The van der Waals surface area contributed by atoms with E-state index < -0.39 is 0 Å². The van der Waals surface area contributed by atoms with Crippen molar-refractivity contribution < 1.29 is 9.59 Å². The molecule has 1 heterocycles. The molecule has 0 aliphatic carbocycles. The van der Waals surface area contributed by atoms with Gasteiger partial charge in [0.05, 0.1) is 13.0 Å². The largest absolute Gasteiger partial charge is 0.378 e. The van der Waals surface area contributed by atoms with Gasteiger partial charge < -0.3 is 15.5 Å². The van der Waals surface area contributed by atoms with Crippen LogP contribution in [0, 0.1) is 0 Å². The Kier molecular flexibility index (Phi) is 6.40. The van der Waals surface area contributed by atoms with Crippen molar-refractivity contribution in [1.82, 2.24) is 15.5 Å². The van der Waals surface area contributed by atoms with Crippen LogP contribution in [0.15, 0.2) is 24.3 Å². The van der Waals surface area contributed by atoms with Crippen molar-refractivity contribution in [3.05, 3.63) is 29.8 Å². The first-order valence-corrected chi connectivity index (χ1v) is 8.06. The third kappa shape index (κ3) is 5.90. The van der Waals surface area contributed by atoms with Gasteiger partial charge in [0.15, 0.2) is 0 Å². The van der Waals surface area contributed by atoms with Crippen molar-refractivity contribution in [2.24, 2.45) is 0 Å². The minimum atomic E-state index is 0.0407. The molecule has 126 valence electrons. The van der Waals surface area contributed by atoms with Crippen LogP contribution in [-0.4, -0.2) is 63.5 Å². The number of rotatable bonds is 7. The van der Waals surface area contributed by atoms with Gasteiger partial charge in [0.25, 0.3) is 0 Å². The fourth-order valence-electron chi connectivity index (χ4n) is 2.57. The molecule has 0 aromatic heterocycles. The molecule has 23 heavy (non-hydrogen) atoms. The maximum atomic E-state index is 11.9. The fourth-order valence-corrected chi connectivity index (χ4v) is 2.57. The summed E-state index contributed by atoms with van der Waals surface area (Å²) in [6.07, 6.45) is 1.26. The van der Waals surface area contributed by atoms with Crippen molar-refractivity contribution in [3.63, 3.8) is 0 Å². The zero-order chi connectivity index (χ0) is 16.7. The van der Waals surface area contributed by atoms with Crippen LogP contribution in [0.25, 0.3) is 0 Å². The van der Waals surface area contributed by atoms with Gasteiger partial charge in [-0.25, -0.2) is 0 Å². The van der Waals surface area contributed by atoms with Crippen LogP contribution in [0.2, 0.25) is 0 Å². The number of carbonyl (C=O) groups excluding carboxylic acids is 2. The molecule has 2 rings (SSSR count). The lowest BCUT2D eigenvalue weighted by Crippen LogP contribution is -2.48. The molecule has 6 heteroatoms. The number of benzene rings is 1. The third-order valence-corrected chi connectivity index (χ3v) is 3.91. The van der Waals surface area contributed by atoms with E-state index in [0.717, 1.165) is 30.8 Å². The Morgan fingerprint density at radius 2 is 2.04 bits per heavy atom. The lowest BCUT2D eigenvalue weighted by Gasteiger charge is -2.26. The molecule has 2 N–H and O–H groups in total. The zero-order valence-electron chi connectivity index (χ0n) is 14.0. The average Bonchev–Trinajstić information content (AvgIpc) is 2.52. The molecular weight excluding hydrogens is 292 g/mol. The highest BCUT2D eigenvalue weighted by molar-refractivity contribution is 5.79. The molecule has 0 unspecified atom stereocenters. The second kappa shape index (κ2) is 8.53. The van der Waals surface area contributed by atoms with Crippen molar-refractivity contribution in [3.8, 4) is 0 Å². The van der Waals surface area contributed by atoms with Gasteiger partial charge in [0.2, 0.25) is 11.8 Å². The summed E-state index contributed by atoms with van der Waals surface area (Å²) in [5, 5.41) is 5.75. The maximum absolute atomic E-state index is 11.9. The van der Waals surface area contributed by atoms with Crippen LogP contribution in [-0.2, 0) is 16.0 Å². The first-order chi connectivity index (χ1) is 11.0. The molecule has 1 aromatic rings. The van der Waals surface area contributed by atoms with Gasteiger partial charge in [0, 0.05) is 46.0 Å². The van der Waals surface area contributed by atoms with Crippen molar-refractivity contribution in [1.29, 1.82) is 0 Å². The van der Waals surface area contributed by atoms with Crippen molar-refractivity contribution in [2.75, 3.05) is 51.7 Å². The molecule has 1 aromatic carbocycles. The highest BCUT2D eigenvalue weighted by atomic mass is 16.2. The van der Waals surface area contributed by atoms with Gasteiger partial charge in [-0.15, -0.1) is 0 Å². The molecule has 1 fully saturated rings. The first-order valence-electron chi connectivity index (χ1n) is 8.06. The monoisotopic (exact) mass is 318 g/mol. The number of hydrogen-bond acceptors (Lipinski definition) is 4. The molecule has 1 saturated heterocycles. The summed E-state index contributed by atoms with van der Waals surface area (Å²) in [5.74, 6) is 0.125. The number of nitrogens with zero attached hydrogens (tertiary/aromatic N) is 2. The van der Waals surface area contributed by atoms with E-state index in [2.05, 4.69) is 15.5 Å². The molecule has 2 amide bonds. The molecule has 6 nitrogen and oxygen atoms in total. The maximum Gasteiger partial charge on any atom is 0.234 e. The molecule has 1 aliphatic rings. The summed E-state index contributed by atoms with van der Waals surface area (Å²) in [6.45, 7) is 3.55.